The van der Waals surface area contributed by atoms with Crippen molar-refractivity contribution in [1.82, 2.24) is 9.88 Å². The van der Waals surface area contributed by atoms with Gasteiger partial charge in [-0.25, -0.2) is 0 Å². The minimum absolute atomic E-state index is 0.104. The van der Waals surface area contributed by atoms with Crippen molar-refractivity contribution in [2.45, 2.75) is 13.0 Å². The van der Waals surface area contributed by atoms with Crippen LogP contribution >= 0.6 is 0 Å². The molecule has 84 valence electrons. The zero-order chi connectivity index (χ0) is 11.8. The van der Waals surface area contributed by atoms with E-state index in [1.165, 1.54) is 0 Å². The van der Waals surface area contributed by atoms with Gasteiger partial charge in [0.1, 0.15) is 0 Å². The topological polar surface area (TPSA) is 53.4 Å². The van der Waals surface area contributed by atoms with E-state index in [2.05, 4.69) is 10.9 Å². The molecule has 0 aromatic carbocycles. The number of aromatic nitrogens is 1. The first-order chi connectivity index (χ1) is 7.72. The minimum atomic E-state index is -0.809. The van der Waals surface area contributed by atoms with E-state index in [0.717, 1.165) is 5.56 Å². The first kappa shape index (κ1) is 12.2. The Kier molecular flexibility index (Phi) is 5.03. The molecule has 1 rings (SSSR count). The Morgan fingerprint density at radius 3 is 2.75 bits per heavy atom. The fraction of sp³-hybridized carbons (Fsp3) is 0.333. The molecular weight excluding hydrogens is 204 g/mol. The number of hydrogen-bond acceptors (Lipinski definition) is 3. The average molecular weight is 218 g/mol. The van der Waals surface area contributed by atoms with Gasteiger partial charge in [-0.15, -0.1) is 6.42 Å². The van der Waals surface area contributed by atoms with Crippen molar-refractivity contribution in [3.8, 4) is 12.3 Å². The quantitative estimate of drug-likeness (QED) is 0.723. The summed E-state index contributed by atoms with van der Waals surface area (Å²) in [6, 6.07) is 3.79. The molecule has 0 aliphatic rings. The number of hydrogen-bond donors (Lipinski definition) is 1. The van der Waals surface area contributed by atoms with Crippen molar-refractivity contribution in [3.63, 3.8) is 0 Å². The van der Waals surface area contributed by atoms with Gasteiger partial charge in [0.05, 0.1) is 13.0 Å². The van der Waals surface area contributed by atoms with Gasteiger partial charge < -0.3 is 5.11 Å². The fourth-order valence-electron chi connectivity index (χ4n) is 1.34. The lowest BCUT2D eigenvalue weighted by Gasteiger charge is -2.18. The summed E-state index contributed by atoms with van der Waals surface area (Å²) in [4.78, 5) is 16.3. The molecular formula is C12H14N2O2. The molecule has 1 N–H and O–H groups in total. The highest BCUT2D eigenvalue weighted by atomic mass is 16.4. The molecule has 16 heavy (non-hydrogen) atoms. The van der Waals surface area contributed by atoms with Crippen LogP contribution in [0.15, 0.2) is 24.5 Å². The molecule has 0 bridgehead atoms. The molecule has 4 heteroatoms. The van der Waals surface area contributed by atoms with Crippen LogP contribution in [0.4, 0.5) is 0 Å². The van der Waals surface area contributed by atoms with Gasteiger partial charge in [-0.05, 0) is 17.7 Å². The second kappa shape index (κ2) is 6.59. The first-order valence-corrected chi connectivity index (χ1v) is 4.99. The van der Waals surface area contributed by atoms with Crippen molar-refractivity contribution in [3.05, 3.63) is 30.1 Å². The number of carboxylic acids is 1. The number of terminal acetylenes is 1. The van der Waals surface area contributed by atoms with E-state index in [1.54, 1.807) is 12.4 Å². The molecule has 0 saturated heterocycles. The molecule has 0 saturated carbocycles. The van der Waals surface area contributed by atoms with Crippen LogP contribution in [-0.4, -0.2) is 34.0 Å². The van der Waals surface area contributed by atoms with Gasteiger partial charge in [-0.1, -0.05) is 5.92 Å². The number of carbonyl (C=O) groups is 1. The maximum Gasteiger partial charge on any atom is 0.304 e. The molecule has 0 aliphatic carbocycles. The third kappa shape index (κ3) is 4.58. The van der Waals surface area contributed by atoms with Crippen molar-refractivity contribution in [2.75, 3.05) is 13.1 Å². The highest BCUT2D eigenvalue weighted by Gasteiger charge is 2.06. The lowest BCUT2D eigenvalue weighted by Crippen LogP contribution is -2.26. The normalized spacial score (nSPS) is 10.0. The van der Waals surface area contributed by atoms with E-state index >= 15 is 0 Å². The Bertz CT molecular complexity index is 370. The first-order valence-electron chi connectivity index (χ1n) is 4.99. The zero-order valence-electron chi connectivity index (χ0n) is 8.97. The van der Waals surface area contributed by atoms with E-state index < -0.39 is 5.97 Å². The number of carboxylic acid groups (broad SMARTS) is 1. The minimum Gasteiger partial charge on any atom is -0.481 e. The molecule has 0 amide bonds. The highest BCUT2D eigenvalue weighted by Crippen LogP contribution is 2.03. The Morgan fingerprint density at radius 2 is 2.19 bits per heavy atom. The maximum absolute atomic E-state index is 10.5. The van der Waals surface area contributed by atoms with Gasteiger partial charge in [0, 0.05) is 25.5 Å². The summed E-state index contributed by atoms with van der Waals surface area (Å²) in [7, 11) is 0. The second-order valence-electron chi connectivity index (χ2n) is 3.41. The summed E-state index contributed by atoms with van der Waals surface area (Å²) in [6.07, 6.45) is 8.76. The SMILES string of the molecule is C#CCN(CCC(=O)O)Cc1ccncc1. The molecule has 1 heterocycles. The van der Waals surface area contributed by atoms with Gasteiger partial charge in [0.25, 0.3) is 0 Å². The van der Waals surface area contributed by atoms with Crippen molar-refractivity contribution < 1.29 is 9.90 Å². The van der Waals surface area contributed by atoms with Gasteiger partial charge in [0.15, 0.2) is 0 Å². The molecule has 1 aromatic heterocycles. The Hall–Kier alpha value is -1.86. The Labute approximate surface area is 94.9 Å². The van der Waals surface area contributed by atoms with Gasteiger partial charge in [-0.3, -0.25) is 14.7 Å². The zero-order valence-corrected chi connectivity index (χ0v) is 8.97. The van der Waals surface area contributed by atoms with E-state index in [-0.39, 0.29) is 6.42 Å². The number of nitrogens with zero attached hydrogens (tertiary/aromatic N) is 2. The summed E-state index contributed by atoms with van der Waals surface area (Å²) in [6.45, 7) is 1.57. The van der Waals surface area contributed by atoms with E-state index in [1.807, 2.05) is 17.0 Å². The third-order valence-electron chi connectivity index (χ3n) is 2.11. The summed E-state index contributed by atoms with van der Waals surface area (Å²) in [5.41, 5.74) is 1.08. The maximum atomic E-state index is 10.5. The van der Waals surface area contributed by atoms with Crippen LogP contribution in [0.3, 0.4) is 0 Å². The molecule has 0 aliphatic heterocycles. The van der Waals surface area contributed by atoms with E-state index in [0.29, 0.717) is 19.6 Å². The van der Waals surface area contributed by atoms with Crippen LogP contribution in [-0.2, 0) is 11.3 Å². The molecule has 0 atom stereocenters. The predicted molar refractivity (Wildman–Crippen MR) is 60.6 cm³/mol. The van der Waals surface area contributed by atoms with Crippen molar-refractivity contribution >= 4 is 5.97 Å². The molecule has 0 radical (unpaired) electrons. The van der Waals surface area contributed by atoms with Gasteiger partial charge in [-0.2, -0.15) is 0 Å². The summed E-state index contributed by atoms with van der Waals surface area (Å²) in [5, 5.41) is 8.61. The standard InChI is InChI=1S/C12H14N2O2/c1-2-8-14(9-5-12(15)16)10-11-3-6-13-7-4-11/h1,3-4,6-7H,5,8-10H2,(H,15,16). The molecule has 0 fully saturated rings. The lowest BCUT2D eigenvalue weighted by atomic mass is 10.2. The van der Waals surface area contributed by atoms with E-state index in [4.69, 9.17) is 11.5 Å². The monoisotopic (exact) mass is 218 g/mol. The van der Waals surface area contributed by atoms with Crippen LogP contribution in [0.5, 0.6) is 0 Å². The van der Waals surface area contributed by atoms with Gasteiger partial charge in [0.2, 0.25) is 0 Å². The molecule has 0 unspecified atom stereocenters. The highest BCUT2D eigenvalue weighted by molar-refractivity contribution is 5.66. The van der Waals surface area contributed by atoms with E-state index in [9.17, 15) is 4.79 Å². The lowest BCUT2D eigenvalue weighted by molar-refractivity contribution is -0.137. The number of rotatable bonds is 6. The summed E-state index contributed by atoms with van der Waals surface area (Å²) in [5.74, 6) is 1.72. The third-order valence-corrected chi connectivity index (χ3v) is 2.11. The Morgan fingerprint density at radius 1 is 1.50 bits per heavy atom. The fourth-order valence-corrected chi connectivity index (χ4v) is 1.34. The van der Waals surface area contributed by atoms with Crippen LogP contribution in [0.1, 0.15) is 12.0 Å². The van der Waals surface area contributed by atoms with Gasteiger partial charge >= 0.3 is 5.97 Å². The van der Waals surface area contributed by atoms with Crippen LogP contribution < -0.4 is 0 Å². The molecule has 4 nitrogen and oxygen atoms in total. The number of aliphatic carboxylic acids is 1. The predicted octanol–water partition coefficient (Wildman–Crippen LogP) is 0.991. The van der Waals surface area contributed by atoms with Crippen LogP contribution in [0.25, 0.3) is 0 Å². The van der Waals surface area contributed by atoms with Crippen molar-refractivity contribution in [2.24, 2.45) is 0 Å². The van der Waals surface area contributed by atoms with Crippen molar-refractivity contribution in [1.29, 1.82) is 0 Å². The number of pyridine rings is 1. The molecule has 1 aromatic rings. The van der Waals surface area contributed by atoms with Crippen LogP contribution in [0.2, 0.25) is 0 Å². The van der Waals surface area contributed by atoms with Crippen LogP contribution in [0, 0.1) is 12.3 Å². The second-order valence-corrected chi connectivity index (χ2v) is 3.41. The average Bonchev–Trinajstić information content (AvgIpc) is 2.27. The summed E-state index contributed by atoms with van der Waals surface area (Å²) >= 11 is 0. The summed E-state index contributed by atoms with van der Waals surface area (Å²) < 4.78 is 0. The molecule has 0 spiro atoms. The Balaban J connectivity index is 2.51. The largest absolute Gasteiger partial charge is 0.481 e. The smallest absolute Gasteiger partial charge is 0.304 e.